The minimum Gasteiger partial charge on any atom is -0.381 e. The van der Waals surface area contributed by atoms with E-state index in [1.165, 1.54) is 6.92 Å². The van der Waals surface area contributed by atoms with Crippen molar-refractivity contribution < 1.29 is 18.7 Å². The van der Waals surface area contributed by atoms with E-state index >= 15 is 0 Å². The third kappa shape index (κ3) is 4.31. The van der Waals surface area contributed by atoms with Gasteiger partial charge in [-0.2, -0.15) is 0 Å². The molecule has 2 aromatic carbocycles. The van der Waals surface area contributed by atoms with E-state index in [-0.39, 0.29) is 23.0 Å². The Bertz CT molecular complexity index is 916. The van der Waals surface area contributed by atoms with Gasteiger partial charge in [-0.15, -0.1) is 0 Å². The maximum atomic E-state index is 13.6. The van der Waals surface area contributed by atoms with E-state index in [4.69, 9.17) is 4.74 Å². The molecule has 1 aliphatic carbocycles. The molecule has 2 unspecified atom stereocenters. The van der Waals surface area contributed by atoms with Crippen LogP contribution in [0.4, 0.5) is 10.1 Å². The summed E-state index contributed by atoms with van der Waals surface area (Å²) in [6.07, 6.45) is 3.84. The Kier molecular flexibility index (Phi) is 6.00. The molecule has 1 spiro atoms. The summed E-state index contributed by atoms with van der Waals surface area (Å²) < 4.78 is 18.9. The van der Waals surface area contributed by atoms with Crippen LogP contribution < -0.4 is 4.90 Å². The third-order valence-corrected chi connectivity index (χ3v) is 6.54. The molecule has 1 saturated carbocycles. The van der Waals surface area contributed by atoms with Gasteiger partial charge in [0.2, 0.25) is 5.91 Å². The summed E-state index contributed by atoms with van der Waals surface area (Å²) in [5, 5.41) is 0. The number of ketones is 1. The maximum Gasteiger partial charge on any atom is 0.230 e. The summed E-state index contributed by atoms with van der Waals surface area (Å²) in [7, 11) is 0. The molecule has 1 amide bonds. The Hall–Kier alpha value is -2.53. The number of ether oxygens (including phenoxy) is 1. The Labute approximate surface area is 177 Å². The van der Waals surface area contributed by atoms with Gasteiger partial charge in [0.25, 0.3) is 0 Å². The van der Waals surface area contributed by atoms with Crippen molar-refractivity contribution in [2.24, 2.45) is 11.3 Å². The number of hydrogen-bond donors (Lipinski definition) is 0. The average Bonchev–Trinajstić information content (AvgIpc) is 3.53. The lowest BCUT2D eigenvalue weighted by Crippen LogP contribution is -2.33. The molecule has 0 aromatic heterocycles. The molecular formula is C25H28FNO3. The Balaban J connectivity index is 1.60. The molecular weight excluding hydrogens is 381 g/mol. The van der Waals surface area contributed by atoms with Crippen molar-refractivity contribution in [1.82, 2.24) is 0 Å². The van der Waals surface area contributed by atoms with Crippen LogP contribution in [0.1, 0.15) is 54.1 Å². The van der Waals surface area contributed by atoms with Crippen LogP contribution in [0.2, 0.25) is 0 Å². The molecule has 4 rings (SSSR count). The molecule has 0 N–H and O–H groups in total. The normalized spacial score (nSPS) is 23.1. The van der Waals surface area contributed by atoms with E-state index in [9.17, 15) is 14.0 Å². The molecule has 0 radical (unpaired) electrons. The zero-order chi connectivity index (χ0) is 21.1. The van der Waals surface area contributed by atoms with E-state index in [1.54, 1.807) is 35.2 Å². The summed E-state index contributed by atoms with van der Waals surface area (Å²) in [6, 6.07) is 14.5. The highest BCUT2D eigenvalue weighted by molar-refractivity contribution is 5.97. The van der Waals surface area contributed by atoms with Crippen molar-refractivity contribution in [2.75, 3.05) is 18.1 Å². The monoisotopic (exact) mass is 409 g/mol. The van der Waals surface area contributed by atoms with Crippen LogP contribution in [0.5, 0.6) is 0 Å². The van der Waals surface area contributed by atoms with Crippen molar-refractivity contribution in [3.05, 3.63) is 65.2 Å². The first kappa shape index (κ1) is 20.7. The van der Waals surface area contributed by atoms with Crippen LogP contribution in [-0.2, 0) is 22.8 Å². The molecule has 1 heterocycles. The molecule has 5 heteroatoms. The average molecular weight is 410 g/mol. The van der Waals surface area contributed by atoms with Crippen LogP contribution >= 0.6 is 0 Å². The van der Waals surface area contributed by atoms with Crippen molar-refractivity contribution in [3.8, 4) is 0 Å². The van der Waals surface area contributed by atoms with Gasteiger partial charge >= 0.3 is 0 Å². The topological polar surface area (TPSA) is 46.6 Å². The van der Waals surface area contributed by atoms with Gasteiger partial charge in [-0.1, -0.05) is 36.4 Å². The van der Waals surface area contributed by atoms with Gasteiger partial charge in [0.1, 0.15) is 6.67 Å². The highest BCUT2D eigenvalue weighted by Gasteiger charge is 2.58. The van der Waals surface area contributed by atoms with Crippen molar-refractivity contribution in [3.63, 3.8) is 0 Å². The molecule has 0 bridgehead atoms. The van der Waals surface area contributed by atoms with Crippen molar-refractivity contribution in [2.45, 2.75) is 45.8 Å². The van der Waals surface area contributed by atoms with Crippen LogP contribution in [0.3, 0.4) is 0 Å². The number of benzene rings is 2. The van der Waals surface area contributed by atoms with Gasteiger partial charge in [0.05, 0.1) is 6.54 Å². The van der Waals surface area contributed by atoms with Crippen molar-refractivity contribution >= 4 is 17.4 Å². The van der Waals surface area contributed by atoms with E-state index in [0.29, 0.717) is 24.3 Å². The zero-order valence-electron chi connectivity index (χ0n) is 17.4. The minimum absolute atomic E-state index is 0.00951. The van der Waals surface area contributed by atoms with Gasteiger partial charge in [0, 0.05) is 30.4 Å². The van der Waals surface area contributed by atoms with Gasteiger partial charge in [-0.25, -0.2) is 4.39 Å². The lowest BCUT2D eigenvalue weighted by Gasteiger charge is -2.25. The van der Waals surface area contributed by atoms with Gasteiger partial charge in [-0.05, 0) is 61.3 Å². The molecule has 4 nitrogen and oxygen atoms in total. The quantitative estimate of drug-likeness (QED) is 0.624. The van der Waals surface area contributed by atoms with E-state index in [2.05, 4.69) is 0 Å². The van der Waals surface area contributed by atoms with Crippen LogP contribution in [0.15, 0.2) is 48.5 Å². The summed E-state index contributed by atoms with van der Waals surface area (Å²) in [5.74, 6) is 0.105. The first-order chi connectivity index (χ1) is 14.5. The molecule has 2 fully saturated rings. The number of halogens is 1. The van der Waals surface area contributed by atoms with Gasteiger partial charge in [-0.3, -0.25) is 9.59 Å². The largest absolute Gasteiger partial charge is 0.381 e. The fraction of sp³-hybridized carbons (Fsp3) is 0.440. The number of anilines is 1. The fourth-order valence-electron chi connectivity index (χ4n) is 4.60. The van der Waals surface area contributed by atoms with E-state index < -0.39 is 6.67 Å². The molecule has 30 heavy (non-hydrogen) atoms. The fourth-order valence-corrected chi connectivity index (χ4v) is 4.60. The van der Waals surface area contributed by atoms with Crippen LogP contribution in [0, 0.1) is 11.3 Å². The van der Waals surface area contributed by atoms with Gasteiger partial charge in [0.15, 0.2) is 5.78 Å². The number of carbonyl (C=O) groups is 2. The predicted octanol–water partition coefficient (Wildman–Crippen LogP) is 5.10. The first-order valence-corrected chi connectivity index (χ1v) is 10.7. The number of carbonyl (C=O) groups excluding carboxylic acids is 2. The predicted molar refractivity (Wildman–Crippen MR) is 114 cm³/mol. The number of rotatable bonds is 6. The minimum atomic E-state index is -0.562. The van der Waals surface area contributed by atoms with Crippen molar-refractivity contribution in [1.29, 1.82) is 0 Å². The van der Waals surface area contributed by atoms with E-state index in [1.807, 2.05) is 18.2 Å². The summed E-state index contributed by atoms with van der Waals surface area (Å²) in [4.78, 5) is 27.0. The van der Waals surface area contributed by atoms with E-state index in [0.717, 1.165) is 43.5 Å². The summed E-state index contributed by atoms with van der Waals surface area (Å²) in [6.45, 7) is 2.86. The molecule has 1 aliphatic heterocycles. The number of hydrogen-bond acceptors (Lipinski definition) is 3. The molecule has 2 atom stereocenters. The molecule has 158 valence electrons. The standard InChI is InChI=1S/C25H28FNO3/c1-18(28)21-8-6-19(7-9-21)17-27(22-5-2-4-20(14-22)16-26)24(29)23-15-25(23)10-3-12-30-13-11-25/h2,4-9,14,23H,3,10-13,15-17H2,1H3. The SMILES string of the molecule is CC(=O)c1ccc(CN(C(=O)C2CC23CCCOCC3)c2cccc(CF)c2)cc1. The van der Waals surface area contributed by atoms with Gasteiger partial charge < -0.3 is 9.64 Å². The Morgan fingerprint density at radius 3 is 2.63 bits per heavy atom. The number of Topliss-reactive ketones (excluding diaryl/α,β-unsaturated/α-hetero) is 1. The summed E-state index contributed by atoms with van der Waals surface area (Å²) >= 11 is 0. The molecule has 1 saturated heterocycles. The number of amides is 1. The zero-order valence-corrected chi connectivity index (χ0v) is 17.4. The second-order valence-electron chi connectivity index (χ2n) is 8.57. The lowest BCUT2D eigenvalue weighted by atomic mass is 9.93. The lowest BCUT2D eigenvalue weighted by molar-refractivity contribution is -0.120. The summed E-state index contributed by atoms with van der Waals surface area (Å²) in [5.41, 5.74) is 2.93. The second-order valence-corrected chi connectivity index (χ2v) is 8.57. The van der Waals surface area contributed by atoms with Crippen LogP contribution in [0.25, 0.3) is 0 Å². The Morgan fingerprint density at radius 2 is 1.90 bits per heavy atom. The second kappa shape index (κ2) is 8.68. The van der Waals surface area contributed by atoms with Crippen LogP contribution in [-0.4, -0.2) is 24.9 Å². The first-order valence-electron chi connectivity index (χ1n) is 10.7. The maximum absolute atomic E-state index is 13.6. The Morgan fingerprint density at radius 1 is 1.10 bits per heavy atom. The number of alkyl halides is 1. The highest BCUT2D eigenvalue weighted by atomic mass is 19.1. The highest BCUT2D eigenvalue weighted by Crippen LogP contribution is 2.60. The third-order valence-electron chi connectivity index (χ3n) is 6.54. The smallest absolute Gasteiger partial charge is 0.230 e. The number of nitrogens with zero attached hydrogens (tertiary/aromatic N) is 1. The molecule has 2 aromatic rings. The molecule has 2 aliphatic rings.